The van der Waals surface area contributed by atoms with Crippen LogP contribution in [-0.4, -0.2) is 35.8 Å². The highest BCUT2D eigenvalue weighted by molar-refractivity contribution is 7.99. The summed E-state index contributed by atoms with van der Waals surface area (Å²) in [4.78, 5) is 26.5. The van der Waals surface area contributed by atoms with E-state index in [-0.39, 0.29) is 5.91 Å². The molecule has 1 amide bonds. The van der Waals surface area contributed by atoms with Crippen LogP contribution < -0.4 is 5.32 Å². The van der Waals surface area contributed by atoms with Gasteiger partial charge in [-0.25, -0.2) is 9.78 Å². The number of thioether (sulfide) groups is 1. The summed E-state index contributed by atoms with van der Waals surface area (Å²) in [6.07, 6.45) is 1.52. The van der Waals surface area contributed by atoms with Crippen molar-refractivity contribution in [3.05, 3.63) is 23.4 Å². The van der Waals surface area contributed by atoms with E-state index >= 15 is 0 Å². The van der Waals surface area contributed by atoms with Gasteiger partial charge in [-0.2, -0.15) is 0 Å². The molecule has 0 aliphatic rings. The monoisotopic (exact) mass is 288 g/mol. The summed E-state index contributed by atoms with van der Waals surface area (Å²) in [5.41, 5.74) is 0. The van der Waals surface area contributed by atoms with Gasteiger partial charge in [-0.15, -0.1) is 11.8 Å². The molecule has 98 valence electrons. The molecule has 0 aliphatic carbocycles. The van der Waals surface area contributed by atoms with E-state index in [0.29, 0.717) is 10.8 Å². The number of halogens is 1. The number of hydrogen-bond acceptors (Lipinski definition) is 5. The summed E-state index contributed by atoms with van der Waals surface area (Å²) >= 11 is 7.05. The predicted octanol–water partition coefficient (Wildman–Crippen LogP) is 1.50. The molecule has 1 heterocycles. The summed E-state index contributed by atoms with van der Waals surface area (Å²) < 4.78 is 4.61. The Morgan fingerprint density at radius 1 is 1.56 bits per heavy atom. The van der Waals surface area contributed by atoms with Crippen molar-refractivity contribution in [1.29, 1.82) is 0 Å². The van der Waals surface area contributed by atoms with Crippen molar-refractivity contribution in [2.45, 2.75) is 18.0 Å². The number of esters is 1. The van der Waals surface area contributed by atoms with E-state index in [1.807, 2.05) is 0 Å². The lowest BCUT2D eigenvalue weighted by Gasteiger charge is -2.14. The van der Waals surface area contributed by atoms with Gasteiger partial charge in [0, 0.05) is 18.9 Å². The largest absolute Gasteiger partial charge is 0.467 e. The van der Waals surface area contributed by atoms with E-state index in [4.69, 9.17) is 11.6 Å². The zero-order chi connectivity index (χ0) is 13.5. The Morgan fingerprint density at radius 3 is 2.78 bits per heavy atom. The smallest absolute Gasteiger partial charge is 0.329 e. The summed E-state index contributed by atoms with van der Waals surface area (Å²) in [6.45, 7) is 1.35. The molecule has 0 saturated carbocycles. The minimum Gasteiger partial charge on any atom is -0.467 e. The molecule has 1 atom stereocenters. The van der Waals surface area contributed by atoms with Gasteiger partial charge in [0.1, 0.15) is 6.04 Å². The first-order valence-electron chi connectivity index (χ1n) is 5.12. The Labute approximate surface area is 114 Å². The van der Waals surface area contributed by atoms with Crippen LogP contribution in [-0.2, 0) is 14.3 Å². The maximum atomic E-state index is 11.4. The normalized spacial score (nSPS) is 11.7. The topological polar surface area (TPSA) is 68.3 Å². The van der Waals surface area contributed by atoms with E-state index in [9.17, 15) is 9.59 Å². The molecule has 7 heteroatoms. The third-order valence-electron chi connectivity index (χ3n) is 1.96. The Balaban J connectivity index is 2.58. The van der Waals surface area contributed by atoms with Crippen molar-refractivity contribution in [1.82, 2.24) is 10.3 Å². The highest BCUT2D eigenvalue weighted by Gasteiger charge is 2.20. The van der Waals surface area contributed by atoms with Crippen molar-refractivity contribution in [2.24, 2.45) is 0 Å². The lowest BCUT2D eigenvalue weighted by atomic mass is 10.3. The van der Waals surface area contributed by atoms with E-state index in [0.717, 1.165) is 5.03 Å². The van der Waals surface area contributed by atoms with Crippen molar-refractivity contribution in [3.63, 3.8) is 0 Å². The number of hydrogen-bond donors (Lipinski definition) is 1. The van der Waals surface area contributed by atoms with Crippen LogP contribution in [0.15, 0.2) is 23.4 Å². The lowest BCUT2D eigenvalue weighted by Crippen LogP contribution is -2.42. The first kappa shape index (κ1) is 14.8. The first-order chi connectivity index (χ1) is 8.52. The lowest BCUT2D eigenvalue weighted by molar-refractivity contribution is -0.144. The fourth-order valence-corrected chi connectivity index (χ4v) is 2.13. The maximum Gasteiger partial charge on any atom is 0.329 e. The second-order valence-corrected chi connectivity index (χ2v) is 4.88. The molecular weight excluding hydrogens is 276 g/mol. The van der Waals surface area contributed by atoms with E-state index in [2.05, 4.69) is 15.0 Å². The fraction of sp³-hybridized carbons (Fsp3) is 0.364. The second-order valence-electron chi connectivity index (χ2n) is 3.40. The van der Waals surface area contributed by atoms with Crippen molar-refractivity contribution >= 4 is 35.2 Å². The van der Waals surface area contributed by atoms with Gasteiger partial charge in [0.15, 0.2) is 0 Å². The summed E-state index contributed by atoms with van der Waals surface area (Å²) in [5, 5.41) is 3.79. The minimum absolute atomic E-state index is 0.282. The number of nitrogens with zero attached hydrogens (tertiary/aromatic N) is 1. The zero-order valence-electron chi connectivity index (χ0n) is 9.97. The van der Waals surface area contributed by atoms with Gasteiger partial charge in [0.2, 0.25) is 5.91 Å². The summed E-state index contributed by atoms with van der Waals surface area (Å²) in [7, 11) is 1.28. The standard InChI is InChI=1S/C11H13ClN2O3S/c1-7(15)14-9(11(16)17-2)6-18-10-4-3-8(12)5-13-10/h3-5,9H,6H2,1-2H3,(H,14,15). The molecule has 18 heavy (non-hydrogen) atoms. The molecule has 1 aromatic rings. The van der Waals surface area contributed by atoms with Crippen LogP contribution >= 0.6 is 23.4 Å². The number of carbonyl (C=O) groups is 2. The van der Waals surface area contributed by atoms with E-state index < -0.39 is 12.0 Å². The number of methoxy groups -OCH3 is 1. The van der Waals surface area contributed by atoms with Crippen molar-refractivity contribution in [3.8, 4) is 0 Å². The first-order valence-corrected chi connectivity index (χ1v) is 6.48. The third-order valence-corrected chi connectivity index (χ3v) is 3.22. The number of pyridine rings is 1. The molecule has 1 N–H and O–H groups in total. The Hall–Kier alpha value is -1.27. The average Bonchev–Trinajstić information content (AvgIpc) is 2.35. The van der Waals surface area contributed by atoms with Gasteiger partial charge in [-0.05, 0) is 12.1 Å². The van der Waals surface area contributed by atoms with Crippen molar-refractivity contribution < 1.29 is 14.3 Å². The highest BCUT2D eigenvalue weighted by Crippen LogP contribution is 2.18. The molecule has 0 radical (unpaired) electrons. The van der Waals surface area contributed by atoms with Gasteiger partial charge in [-0.1, -0.05) is 11.6 Å². The molecule has 5 nitrogen and oxygen atoms in total. The third kappa shape index (κ3) is 4.93. The van der Waals surface area contributed by atoms with Crippen LogP contribution in [0.5, 0.6) is 0 Å². The molecule has 0 aliphatic heterocycles. The van der Waals surface area contributed by atoms with Gasteiger partial charge >= 0.3 is 5.97 Å². The van der Waals surface area contributed by atoms with Crippen LogP contribution in [0.1, 0.15) is 6.92 Å². The average molecular weight is 289 g/mol. The number of ether oxygens (including phenoxy) is 1. The van der Waals surface area contributed by atoms with Crippen LogP contribution in [0, 0.1) is 0 Å². The number of rotatable bonds is 5. The number of aromatic nitrogens is 1. The fourth-order valence-electron chi connectivity index (χ4n) is 1.17. The molecule has 1 unspecified atom stereocenters. The Kier molecular flexibility index (Phi) is 5.94. The molecule has 1 rings (SSSR count). The van der Waals surface area contributed by atoms with Crippen LogP contribution in [0.25, 0.3) is 0 Å². The second kappa shape index (κ2) is 7.23. The zero-order valence-corrected chi connectivity index (χ0v) is 11.5. The van der Waals surface area contributed by atoms with Crippen LogP contribution in [0.2, 0.25) is 5.02 Å². The Morgan fingerprint density at radius 2 is 2.28 bits per heavy atom. The summed E-state index contributed by atoms with van der Waals surface area (Å²) in [5.74, 6) is -0.414. The van der Waals surface area contributed by atoms with Crippen LogP contribution in [0.3, 0.4) is 0 Å². The van der Waals surface area contributed by atoms with E-state index in [1.54, 1.807) is 12.1 Å². The van der Waals surface area contributed by atoms with Gasteiger partial charge in [-0.3, -0.25) is 4.79 Å². The minimum atomic E-state index is -0.685. The summed E-state index contributed by atoms with van der Waals surface area (Å²) in [6, 6.07) is 2.77. The maximum absolute atomic E-state index is 11.4. The SMILES string of the molecule is COC(=O)C(CSc1ccc(Cl)cn1)NC(C)=O. The quantitative estimate of drug-likeness (QED) is 0.657. The number of amides is 1. The van der Waals surface area contributed by atoms with Gasteiger partial charge < -0.3 is 10.1 Å². The van der Waals surface area contributed by atoms with Crippen LogP contribution in [0.4, 0.5) is 0 Å². The van der Waals surface area contributed by atoms with Crippen molar-refractivity contribution in [2.75, 3.05) is 12.9 Å². The highest BCUT2D eigenvalue weighted by atomic mass is 35.5. The number of carbonyl (C=O) groups excluding carboxylic acids is 2. The molecule has 0 saturated heterocycles. The molecule has 0 spiro atoms. The van der Waals surface area contributed by atoms with Gasteiger partial charge in [0.05, 0.1) is 17.2 Å². The molecular formula is C11H13ClN2O3S. The number of nitrogens with one attached hydrogen (secondary N) is 1. The predicted molar refractivity (Wildman–Crippen MR) is 69.6 cm³/mol. The Bertz CT molecular complexity index is 425. The molecule has 0 aromatic carbocycles. The van der Waals surface area contributed by atoms with Gasteiger partial charge in [0.25, 0.3) is 0 Å². The molecule has 1 aromatic heterocycles. The molecule has 0 bridgehead atoms. The van der Waals surface area contributed by atoms with E-state index in [1.165, 1.54) is 32.0 Å². The molecule has 0 fully saturated rings.